The van der Waals surface area contributed by atoms with E-state index >= 15 is 0 Å². The Labute approximate surface area is 131 Å². The number of ether oxygens (including phenoxy) is 1. The number of rotatable bonds is 6. The minimum atomic E-state index is -0.332. The number of aryl methyl sites for hydroxylation is 1. The minimum Gasteiger partial charge on any atom is -0.483 e. The fourth-order valence-corrected chi connectivity index (χ4v) is 2.12. The van der Waals surface area contributed by atoms with Crippen molar-refractivity contribution in [1.29, 1.82) is 0 Å². The normalized spacial score (nSPS) is 10.8. The van der Waals surface area contributed by atoms with E-state index in [2.05, 4.69) is 33.4 Å². The van der Waals surface area contributed by atoms with Gasteiger partial charge >= 0.3 is 0 Å². The van der Waals surface area contributed by atoms with Gasteiger partial charge in [-0.1, -0.05) is 13.0 Å². The number of amides is 1. The third-order valence-electron chi connectivity index (χ3n) is 2.71. The van der Waals surface area contributed by atoms with Crippen LogP contribution in [0, 0.1) is 0 Å². The topological polar surface area (TPSA) is 63.8 Å². The maximum absolute atomic E-state index is 11.6. The highest BCUT2D eigenvalue weighted by atomic mass is 79.9. The van der Waals surface area contributed by atoms with Crippen LogP contribution in [0.3, 0.4) is 0 Å². The summed E-state index contributed by atoms with van der Waals surface area (Å²) in [6.45, 7) is 1.97. The Kier molecular flexibility index (Phi) is 5.57. The summed E-state index contributed by atoms with van der Waals surface area (Å²) in [5.74, 6) is 0.294. The Morgan fingerprint density at radius 2 is 2.33 bits per heavy atom. The molecule has 0 aliphatic rings. The van der Waals surface area contributed by atoms with Gasteiger partial charge in [0.2, 0.25) is 0 Å². The second-order valence-electron chi connectivity index (χ2n) is 4.26. The maximum Gasteiger partial charge on any atom is 0.277 e. The number of hydrazone groups is 1. The molecule has 1 aromatic carbocycles. The maximum atomic E-state index is 11.6. The number of halogens is 1. The average molecular weight is 351 g/mol. The molecule has 1 heterocycles. The number of benzene rings is 1. The molecule has 0 radical (unpaired) electrons. The van der Waals surface area contributed by atoms with E-state index < -0.39 is 0 Å². The van der Waals surface area contributed by atoms with Gasteiger partial charge in [-0.25, -0.2) is 5.43 Å². The molecule has 0 aliphatic carbocycles. The van der Waals surface area contributed by atoms with Gasteiger partial charge in [0.15, 0.2) is 6.61 Å². The van der Waals surface area contributed by atoms with E-state index in [4.69, 9.17) is 9.15 Å². The molecule has 2 aromatic rings. The first-order valence-corrected chi connectivity index (χ1v) is 7.23. The molecule has 2 rings (SSSR count). The summed E-state index contributed by atoms with van der Waals surface area (Å²) in [5.41, 5.74) is 4.35. The SMILES string of the molecule is CCc1ccc(OCC(=O)N/N=C/c2ccoc2)c(Br)c1. The molecule has 0 atom stereocenters. The minimum absolute atomic E-state index is 0.104. The Bertz CT molecular complexity index is 624. The second-order valence-corrected chi connectivity index (χ2v) is 5.11. The average Bonchev–Trinajstić information content (AvgIpc) is 2.99. The third-order valence-corrected chi connectivity index (χ3v) is 3.33. The summed E-state index contributed by atoms with van der Waals surface area (Å²) in [6, 6.07) is 7.52. The van der Waals surface area contributed by atoms with Crippen molar-refractivity contribution in [2.24, 2.45) is 5.10 Å². The lowest BCUT2D eigenvalue weighted by Gasteiger charge is -2.08. The van der Waals surface area contributed by atoms with Crippen LogP contribution in [0.1, 0.15) is 18.1 Å². The Hall–Kier alpha value is -2.08. The first kappa shape index (κ1) is 15.3. The molecule has 110 valence electrons. The fraction of sp³-hybridized carbons (Fsp3) is 0.200. The summed E-state index contributed by atoms with van der Waals surface area (Å²) in [7, 11) is 0. The van der Waals surface area contributed by atoms with Crippen molar-refractivity contribution in [3.63, 3.8) is 0 Å². The van der Waals surface area contributed by atoms with Crippen molar-refractivity contribution < 1.29 is 13.9 Å². The monoisotopic (exact) mass is 350 g/mol. The van der Waals surface area contributed by atoms with E-state index in [1.807, 2.05) is 18.2 Å². The van der Waals surface area contributed by atoms with Gasteiger partial charge in [-0.3, -0.25) is 4.79 Å². The van der Waals surface area contributed by atoms with Crippen molar-refractivity contribution >= 4 is 28.1 Å². The van der Waals surface area contributed by atoms with Crippen LogP contribution < -0.4 is 10.2 Å². The van der Waals surface area contributed by atoms with Crippen LogP contribution >= 0.6 is 15.9 Å². The molecule has 0 unspecified atom stereocenters. The van der Waals surface area contributed by atoms with Gasteiger partial charge in [0.05, 0.1) is 23.2 Å². The van der Waals surface area contributed by atoms with Gasteiger partial charge in [0.1, 0.15) is 5.75 Å². The van der Waals surface area contributed by atoms with E-state index in [1.165, 1.54) is 24.3 Å². The van der Waals surface area contributed by atoms with Crippen LogP contribution in [-0.4, -0.2) is 18.7 Å². The number of hydrogen-bond acceptors (Lipinski definition) is 4. The van der Waals surface area contributed by atoms with Gasteiger partial charge in [-0.05, 0) is 46.1 Å². The predicted octanol–water partition coefficient (Wildman–Crippen LogP) is 3.13. The van der Waals surface area contributed by atoms with E-state index in [1.54, 1.807) is 6.07 Å². The van der Waals surface area contributed by atoms with Crippen molar-refractivity contribution in [1.82, 2.24) is 5.43 Å². The van der Waals surface area contributed by atoms with Crippen molar-refractivity contribution in [3.05, 3.63) is 52.4 Å². The highest BCUT2D eigenvalue weighted by molar-refractivity contribution is 9.10. The fourth-order valence-electron chi connectivity index (χ4n) is 1.58. The van der Waals surface area contributed by atoms with Crippen LogP contribution in [0.2, 0.25) is 0 Å². The molecule has 0 bridgehead atoms. The van der Waals surface area contributed by atoms with E-state index in [0.29, 0.717) is 5.75 Å². The lowest BCUT2D eigenvalue weighted by Crippen LogP contribution is -2.24. The number of carbonyl (C=O) groups excluding carboxylic acids is 1. The molecule has 0 saturated carbocycles. The first-order valence-electron chi connectivity index (χ1n) is 6.44. The Balaban J connectivity index is 1.81. The lowest BCUT2D eigenvalue weighted by atomic mass is 10.2. The zero-order valence-electron chi connectivity index (χ0n) is 11.5. The number of hydrogen-bond donors (Lipinski definition) is 1. The van der Waals surface area contributed by atoms with Gasteiger partial charge in [-0.2, -0.15) is 5.10 Å². The first-order chi connectivity index (χ1) is 10.2. The summed E-state index contributed by atoms with van der Waals surface area (Å²) in [6.07, 6.45) is 5.50. The van der Waals surface area contributed by atoms with Gasteiger partial charge in [-0.15, -0.1) is 0 Å². The largest absolute Gasteiger partial charge is 0.483 e. The Morgan fingerprint density at radius 1 is 1.48 bits per heavy atom. The number of nitrogens with zero attached hydrogens (tertiary/aromatic N) is 1. The molecule has 21 heavy (non-hydrogen) atoms. The van der Waals surface area contributed by atoms with Crippen LogP contribution in [0.25, 0.3) is 0 Å². The Morgan fingerprint density at radius 3 is 3.00 bits per heavy atom. The van der Waals surface area contributed by atoms with Crippen molar-refractivity contribution in [2.45, 2.75) is 13.3 Å². The van der Waals surface area contributed by atoms with Crippen LogP contribution in [-0.2, 0) is 11.2 Å². The molecule has 0 saturated heterocycles. The summed E-state index contributed by atoms with van der Waals surface area (Å²) in [5, 5.41) is 3.80. The summed E-state index contributed by atoms with van der Waals surface area (Å²) >= 11 is 3.42. The molecule has 0 fully saturated rings. The highest BCUT2D eigenvalue weighted by Gasteiger charge is 2.05. The van der Waals surface area contributed by atoms with E-state index in [9.17, 15) is 4.79 Å². The van der Waals surface area contributed by atoms with Gasteiger partial charge in [0.25, 0.3) is 5.91 Å². The zero-order chi connectivity index (χ0) is 15.1. The molecule has 5 nitrogen and oxygen atoms in total. The molecular formula is C15H15BrN2O3. The predicted molar refractivity (Wildman–Crippen MR) is 83.5 cm³/mol. The third kappa shape index (κ3) is 4.75. The standard InChI is InChI=1S/C15H15BrN2O3/c1-2-11-3-4-14(13(16)7-11)21-10-15(19)18-17-8-12-5-6-20-9-12/h3-9H,2,10H2,1H3,(H,18,19)/b17-8+. The molecular weight excluding hydrogens is 336 g/mol. The van der Waals surface area contributed by atoms with Gasteiger partial charge < -0.3 is 9.15 Å². The van der Waals surface area contributed by atoms with E-state index in [0.717, 1.165) is 16.5 Å². The number of furan rings is 1. The molecule has 0 aliphatic heterocycles. The number of carbonyl (C=O) groups is 1. The smallest absolute Gasteiger partial charge is 0.277 e. The van der Waals surface area contributed by atoms with E-state index in [-0.39, 0.29) is 12.5 Å². The summed E-state index contributed by atoms with van der Waals surface area (Å²) in [4.78, 5) is 11.6. The van der Waals surface area contributed by atoms with Crippen LogP contribution in [0.4, 0.5) is 0 Å². The van der Waals surface area contributed by atoms with Crippen molar-refractivity contribution in [2.75, 3.05) is 6.61 Å². The second kappa shape index (κ2) is 7.64. The van der Waals surface area contributed by atoms with Crippen LogP contribution in [0.15, 0.2) is 50.8 Å². The molecule has 0 spiro atoms. The number of nitrogens with one attached hydrogen (secondary N) is 1. The zero-order valence-corrected chi connectivity index (χ0v) is 13.1. The molecule has 1 N–H and O–H groups in total. The van der Waals surface area contributed by atoms with Crippen LogP contribution in [0.5, 0.6) is 5.75 Å². The lowest BCUT2D eigenvalue weighted by molar-refractivity contribution is -0.123. The van der Waals surface area contributed by atoms with Crippen molar-refractivity contribution in [3.8, 4) is 5.75 Å². The quantitative estimate of drug-likeness (QED) is 0.642. The summed E-state index contributed by atoms with van der Waals surface area (Å²) < 4.78 is 11.1. The van der Waals surface area contributed by atoms with Gasteiger partial charge in [0, 0.05) is 5.56 Å². The molecule has 6 heteroatoms. The highest BCUT2D eigenvalue weighted by Crippen LogP contribution is 2.26. The molecule has 1 amide bonds. The molecule has 1 aromatic heterocycles.